The van der Waals surface area contributed by atoms with E-state index in [0.29, 0.717) is 0 Å². The van der Waals surface area contributed by atoms with Crippen molar-refractivity contribution in [1.82, 2.24) is 0 Å². The van der Waals surface area contributed by atoms with Crippen LogP contribution in [0.1, 0.15) is 22.8 Å². The quantitative estimate of drug-likeness (QED) is 0.623. The zero-order valence-corrected chi connectivity index (χ0v) is 8.99. The third kappa shape index (κ3) is 3.31. The summed E-state index contributed by atoms with van der Waals surface area (Å²) in [5, 5.41) is 8.67. The number of esters is 1. The summed E-state index contributed by atoms with van der Waals surface area (Å²) >= 11 is 0. The van der Waals surface area contributed by atoms with E-state index in [1.54, 1.807) is 6.92 Å². The Morgan fingerprint density at radius 2 is 2.18 bits per heavy atom. The van der Waals surface area contributed by atoms with Gasteiger partial charge in [0.2, 0.25) is 0 Å². The van der Waals surface area contributed by atoms with E-state index in [0.717, 1.165) is 6.07 Å². The van der Waals surface area contributed by atoms with Gasteiger partial charge in [0.25, 0.3) is 0 Å². The summed E-state index contributed by atoms with van der Waals surface area (Å²) in [7, 11) is 0. The zero-order chi connectivity index (χ0) is 12.8. The van der Waals surface area contributed by atoms with E-state index in [4.69, 9.17) is 5.11 Å². The summed E-state index contributed by atoms with van der Waals surface area (Å²) in [5.41, 5.74) is -0.640. The van der Waals surface area contributed by atoms with Crippen molar-refractivity contribution in [1.29, 1.82) is 0 Å². The number of ether oxygens (including phenoxy) is 1. The summed E-state index contributed by atoms with van der Waals surface area (Å²) in [6, 6.07) is 3.75. The van der Waals surface area contributed by atoms with Crippen molar-refractivity contribution >= 4 is 11.9 Å². The van der Waals surface area contributed by atoms with E-state index >= 15 is 0 Å². The molecule has 0 aliphatic heterocycles. The van der Waals surface area contributed by atoms with Crippen LogP contribution in [0, 0.1) is 17.7 Å². The van der Waals surface area contributed by atoms with Gasteiger partial charge in [-0.25, -0.2) is 14.0 Å². The van der Waals surface area contributed by atoms with E-state index in [1.807, 2.05) is 0 Å². The SMILES string of the molecule is CCOC(=O)C#Cc1cccc(C(=O)O)c1F. The smallest absolute Gasteiger partial charge is 0.384 e. The van der Waals surface area contributed by atoms with Crippen LogP contribution in [-0.4, -0.2) is 23.7 Å². The average Bonchev–Trinajstić information content (AvgIpc) is 2.27. The second-order valence-electron chi connectivity index (χ2n) is 2.94. The Kier molecular flexibility index (Phi) is 4.23. The van der Waals surface area contributed by atoms with Crippen molar-refractivity contribution in [3.63, 3.8) is 0 Å². The maximum atomic E-state index is 13.5. The molecule has 0 bridgehead atoms. The number of carboxylic acids is 1. The van der Waals surface area contributed by atoms with Gasteiger partial charge in [0.15, 0.2) is 5.82 Å². The number of benzene rings is 1. The summed E-state index contributed by atoms with van der Waals surface area (Å²) in [6.07, 6.45) is 0. The average molecular weight is 236 g/mol. The van der Waals surface area contributed by atoms with Crippen LogP contribution in [0.4, 0.5) is 4.39 Å². The molecule has 0 fully saturated rings. The minimum atomic E-state index is -1.39. The number of aromatic carboxylic acids is 1. The molecular weight excluding hydrogens is 227 g/mol. The van der Waals surface area contributed by atoms with Crippen LogP contribution < -0.4 is 0 Å². The lowest BCUT2D eigenvalue weighted by Gasteiger charge is -1.98. The normalized spacial score (nSPS) is 9.06. The molecule has 0 amide bonds. The molecule has 1 aromatic carbocycles. The maximum absolute atomic E-state index is 13.5. The van der Waals surface area contributed by atoms with Crippen molar-refractivity contribution in [3.8, 4) is 11.8 Å². The van der Waals surface area contributed by atoms with Crippen molar-refractivity contribution in [2.75, 3.05) is 6.61 Å². The molecule has 0 aromatic heterocycles. The van der Waals surface area contributed by atoms with Gasteiger partial charge in [-0.15, -0.1) is 0 Å². The van der Waals surface area contributed by atoms with Crippen LogP contribution in [0.3, 0.4) is 0 Å². The fraction of sp³-hybridized carbons (Fsp3) is 0.167. The monoisotopic (exact) mass is 236 g/mol. The fourth-order valence-corrected chi connectivity index (χ4v) is 1.08. The van der Waals surface area contributed by atoms with Crippen LogP contribution >= 0.6 is 0 Å². The highest BCUT2D eigenvalue weighted by atomic mass is 19.1. The van der Waals surface area contributed by atoms with Crippen LogP contribution in [0.2, 0.25) is 0 Å². The molecule has 4 nitrogen and oxygen atoms in total. The van der Waals surface area contributed by atoms with Crippen LogP contribution in [-0.2, 0) is 9.53 Å². The Balaban J connectivity index is 3.04. The molecule has 0 saturated carbocycles. The number of hydrogen-bond acceptors (Lipinski definition) is 3. The molecule has 5 heteroatoms. The Morgan fingerprint density at radius 3 is 2.76 bits per heavy atom. The zero-order valence-electron chi connectivity index (χ0n) is 8.99. The second-order valence-corrected chi connectivity index (χ2v) is 2.94. The number of rotatable bonds is 2. The van der Waals surface area contributed by atoms with Gasteiger partial charge in [0, 0.05) is 5.92 Å². The largest absolute Gasteiger partial charge is 0.478 e. The van der Waals surface area contributed by atoms with E-state index in [9.17, 15) is 14.0 Å². The maximum Gasteiger partial charge on any atom is 0.384 e. The highest BCUT2D eigenvalue weighted by Gasteiger charge is 2.12. The summed E-state index contributed by atoms with van der Waals surface area (Å²) in [5.74, 6) is 1.16. The van der Waals surface area contributed by atoms with Crippen LogP contribution in [0.5, 0.6) is 0 Å². The van der Waals surface area contributed by atoms with Gasteiger partial charge in [-0.3, -0.25) is 0 Å². The molecule has 0 saturated heterocycles. The Bertz CT molecular complexity index is 511. The number of carbonyl (C=O) groups excluding carboxylic acids is 1. The first-order valence-corrected chi connectivity index (χ1v) is 4.76. The van der Waals surface area contributed by atoms with Gasteiger partial charge < -0.3 is 9.84 Å². The number of carbonyl (C=O) groups is 2. The van der Waals surface area contributed by atoms with Crippen molar-refractivity contribution in [2.24, 2.45) is 0 Å². The Labute approximate surface area is 97.0 Å². The third-order valence-corrected chi connectivity index (χ3v) is 1.80. The molecule has 1 N–H and O–H groups in total. The number of hydrogen-bond donors (Lipinski definition) is 1. The molecule has 0 atom stereocenters. The third-order valence-electron chi connectivity index (χ3n) is 1.80. The topological polar surface area (TPSA) is 63.6 Å². The predicted octanol–water partition coefficient (Wildman–Crippen LogP) is 1.44. The van der Waals surface area contributed by atoms with Crippen LogP contribution in [0.25, 0.3) is 0 Å². The van der Waals surface area contributed by atoms with Gasteiger partial charge in [0.1, 0.15) is 0 Å². The highest BCUT2D eigenvalue weighted by Crippen LogP contribution is 2.11. The molecule has 0 aliphatic carbocycles. The van der Waals surface area contributed by atoms with E-state index in [2.05, 4.69) is 16.6 Å². The lowest BCUT2D eigenvalue weighted by Crippen LogP contribution is -2.03. The lowest BCUT2D eigenvalue weighted by molar-refractivity contribution is -0.136. The van der Waals surface area contributed by atoms with E-state index in [1.165, 1.54) is 12.1 Å². The standard InChI is InChI=1S/C12H9FO4/c1-2-17-10(14)7-6-8-4-3-5-9(11(8)13)12(15)16/h3-5H,2H2,1H3,(H,15,16). The summed E-state index contributed by atoms with van der Waals surface area (Å²) < 4.78 is 18.1. The van der Waals surface area contributed by atoms with Gasteiger partial charge in [0.05, 0.1) is 17.7 Å². The highest BCUT2D eigenvalue weighted by molar-refractivity contribution is 5.90. The van der Waals surface area contributed by atoms with Gasteiger partial charge >= 0.3 is 11.9 Å². The molecule has 1 aromatic rings. The Morgan fingerprint density at radius 1 is 1.47 bits per heavy atom. The van der Waals surface area contributed by atoms with Crippen molar-refractivity contribution in [3.05, 3.63) is 35.1 Å². The molecule has 0 aliphatic rings. The van der Waals surface area contributed by atoms with E-state index < -0.39 is 23.3 Å². The van der Waals surface area contributed by atoms with Crippen molar-refractivity contribution < 1.29 is 23.8 Å². The summed E-state index contributed by atoms with van der Waals surface area (Å²) in [6.45, 7) is 1.79. The molecule has 0 unspecified atom stereocenters. The lowest BCUT2D eigenvalue weighted by atomic mass is 10.1. The first-order chi connectivity index (χ1) is 8.06. The summed E-state index contributed by atoms with van der Waals surface area (Å²) in [4.78, 5) is 21.5. The van der Waals surface area contributed by atoms with E-state index in [-0.39, 0.29) is 12.2 Å². The Hall–Kier alpha value is -2.35. The molecule has 1 rings (SSSR count). The van der Waals surface area contributed by atoms with Gasteiger partial charge in [-0.2, -0.15) is 0 Å². The molecular formula is C12H9FO4. The molecule has 0 heterocycles. The van der Waals surface area contributed by atoms with Gasteiger partial charge in [-0.1, -0.05) is 12.0 Å². The van der Waals surface area contributed by atoms with Crippen LogP contribution in [0.15, 0.2) is 18.2 Å². The fourth-order valence-electron chi connectivity index (χ4n) is 1.08. The number of carboxylic acid groups (broad SMARTS) is 1. The molecule has 0 spiro atoms. The first-order valence-electron chi connectivity index (χ1n) is 4.76. The molecule has 17 heavy (non-hydrogen) atoms. The number of halogens is 1. The second kappa shape index (κ2) is 5.66. The molecule has 0 radical (unpaired) electrons. The minimum absolute atomic E-state index is 0.155. The molecule has 88 valence electrons. The predicted molar refractivity (Wildman–Crippen MR) is 56.9 cm³/mol. The minimum Gasteiger partial charge on any atom is -0.478 e. The van der Waals surface area contributed by atoms with Crippen molar-refractivity contribution in [2.45, 2.75) is 6.92 Å². The first kappa shape index (κ1) is 12.7. The van der Waals surface area contributed by atoms with Gasteiger partial charge in [-0.05, 0) is 19.1 Å².